The van der Waals surface area contributed by atoms with E-state index < -0.39 is 0 Å². The third kappa shape index (κ3) is 2.44. The fourth-order valence-electron chi connectivity index (χ4n) is 1.89. The van der Waals surface area contributed by atoms with Gasteiger partial charge in [-0.3, -0.25) is 0 Å². The minimum atomic E-state index is 0.582. The zero-order chi connectivity index (χ0) is 11.4. The maximum Gasteiger partial charge on any atom is 0.137 e. The highest BCUT2D eigenvalue weighted by molar-refractivity contribution is 6.30. The number of nitrogens with zero attached hydrogens (tertiary/aromatic N) is 3. The summed E-state index contributed by atoms with van der Waals surface area (Å²) < 4.78 is 5.33. The average molecular weight is 242 g/mol. The molecular formula is C11H16ClN3O. The van der Waals surface area contributed by atoms with Crippen molar-refractivity contribution in [3.8, 4) is 0 Å². The Morgan fingerprint density at radius 1 is 1.38 bits per heavy atom. The monoisotopic (exact) mass is 241 g/mol. The van der Waals surface area contributed by atoms with E-state index in [0.29, 0.717) is 5.15 Å². The molecule has 0 amide bonds. The van der Waals surface area contributed by atoms with Crippen LogP contribution in [-0.2, 0) is 11.2 Å². The normalized spacial score (nSPS) is 16.5. The van der Waals surface area contributed by atoms with Crippen molar-refractivity contribution in [2.45, 2.75) is 19.8 Å². The topological polar surface area (TPSA) is 38.2 Å². The van der Waals surface area contributed by atoms with Crippen molar-refractivity contribution in [1.29, 1.82) is 0 Å². The molecule has 0 bridgehead atoms. The first-order chi connectivity index (χ1) is 7.83. The Morgan fingerprint density at radius 2 is 2.12 bits per heavy atom. The second-order valence-electron chi connectivity index (χ2n) is 3.82. The van der Waals surface area contributed by atoms with E-state index in [1.807, 2.05) is 0 Å². The Balaban J connectivity index is 2.27. The van der Waals surface area contributed by atoms with Crippen LogP contribution in [0.5, 0.6) is 0 Å². The third-order valence-corrected chi connectivity index (χ3v) is 3.01. The summed E-state index contributed by atoms with van der Waals surface area (Å²) in [5, 5.41) is 0.582. The van der Waals surface area contributed by atoms with E-state index >= 15 is 0 Å². The number of halogens is 1. The molecule has 1 aliphatic heterocycles. The van der Waals surface area contributed by atoms with E-state index in [1.54, 1.807) is 0 Å². The quantitative estimate of drug-likeness (QED) is 0.758. The van der Waals surface area contributed by atoms with Crippen LogP contribution in [0.25, 0.3) is 0 Å². The van der Waals surface area contributed by atoms with Gasteiger partial charge in [0.25, 0.3) is 0 Å². The first-order valence-electron chi connectivity index (χ1n) is 5.65. The van der Waals surface area contributed by atoms with E-state index in [4.69, 9.17) is 16.3 Å². The van der Waals surface area contributed by atoms with Crippen LogP contribution in [0.4, 0.5) is 5.82 Å². The van der Waals surface area contributed by atoms with Gasteiger partial charge in [0.15, 0.2) is 0 Å². The summed E-state index contributed by atoms with van der Waals surface area (Å²) in [7, 11) is 0. The molecule has 1 saturated heterocycles. The van der Waals surface area contributed by atoms with E-state index in [2.05, 4.69) is 21.8 Å². The lowest BCUT2D eigenvalue weighted by Gasteiger charge is -2.29. The lowest BCUT2D eigenvalue weighted by molar-refractivity contribution is 0.122. The first-order valence-corrected chi connectivity index (χ1v) is 6.02. The second kappa shape index (κ2) is 5.46. The lowest BCUT2D eigenvalue weighted by atomic mass is 10.1. The minimum absolute atomic E-state index is 0.582. The first kappa shape index (κ1) is 11.6. The van der Waals surface area contributed by atoms with Crippen LogP contribution in [0.15, 0.2) is 6.33 Å². The predicted octanol–water partition coefficient (Wildman–Crippen LogP) is 1.92. The Morgan fingerprint density at radius 3 is 2.81 bits per heavy atom. The zero-order valence-corrected chi connectivity index (χ0v) is 10.2. The molecule has 0 aromatic carbocycles. The average Bonchev–Trinajstić information content (AvgIpc) is 2.33. The molecule has 0 unspecified atom stereocenters. The third-order valence-electron chi connectivity index (χ3n) is 2.68. The number of rotatable bonds is 3. The maximum absolute atomic E-state index is 6.12. The Bertz CT molecular complexity index is 353. The molecule has 0 atom stereocenters. The second-order valence-corrected chi connectivity index (χ2v) is 4.17. The minimum Gasteiger partial charge on any atom is -0.378 e. The summed E-state index contributed by atoms with van der Waals surface area (Å²) >= 11 is 6.12. The highest BCUT2D eigenvalue weighted by Gasteiger charge is 2.17. The van der Waals surface area contributed by atoms with E-state index in [9.17, 15) is 0 Å². The number of hydrogen-bond acceptors (Lipinski definition) is 4. The molecule has 16 heavy (non-hydrogen) atoms. The standard InChI is InChI=1S/C11H16ClN3O/c1-2-3-9-10(12)13-8-14-11(9)15-4-6-16-7-5-15/h8H,2-7H2,1H3. The van der Waals surface area contributed by atoms with Crippen molar-refractivity contribution in [1.82, 2.24) is 9.97 Å². The lowest BCUT2D eigenvalue weighted by Crippen LogP contribution is -2.37. The van der Waals surface area contributed by atoms with Crippen LogP contribution in [0.2, 0.25) is 5.15 Å². The van der Waals surface area contributed by atoms with Gasteiger partial charge in [0, 0.05) is 18.7 Å². The summed E-state index contributed by atoms with van der Waals surface area (Å²) in [6.07, 6.45) is 3.50. The number of aromatic nitrogens is 2. The van der Waals surface area contributed by atoms with Crippen molar-refractivity contribution in [2.24, 2.45) is 0 Å². The van der Waals surface area contributed by atoms with E-state index in [1.165, 1.54) is 6.33 Å². The van der Waals surface area contributed by atoms with Crippen molar-refractivity contribution in [3.05, 3.63) is 17.0 Å². The SMILES string of the molecule is CCCc1c(Cl)ncnc1N1CCOCC1. The van der Waals surface area contributed by atoms with Crippen LogP contribution in [0.1, 0.15) is 18.9 Å². The highest BCUT2D eigenvalue weighted by atomic mass is 35.5. The smallest absolute Gasteiger partial charge is 0.137 e. The predicted molar refractivity (Wildman–Crippen MR) is 64.1 cm³/mol. The van der Waals surface area contributed by atoms with Gasteiger partial charge in [-0.25, -0.2) is 9.97 Å². The van der Waals surface area contributed by atoms with Crippen LogP contribution >= 0.6 is 11.6 Å². The van der Waals surface area contributed by atoms with Crippen LogP contribution in [0.3, 0.4) is 0 Å². The van der Waals surface area contributed by atoms with Crippen molar-refractivity contribution < 1.29 is 4.74 Å². The molecule has 0 spiro atoms. The fraction of sp³-hybridized carbons (Fsp3) is 0.636. The molecule has 0 N–H and O–H groups in total. The molecule has 2 rings (SSSR count). The molecular weight excluding hydrogens is 226 g/mol. The summed E-state index contributed by atoms with van der Waals surface area (Å²) in [5.74, 6) is 0.977. The molecule has 88 valence electrons. The summed E-state index contributed by atoms with van der Waals surface area (Å²) in [6, 6.07) is 0. The molecule has 5 heteroatoms. The van der Waals surface area contributed by atoms with Gasteiger partial charge in [0.2, 0.25) is 0 Å². The Hall–Kier alpha value is -0.870. The summed E-state index contributed by atoms with van der Waals surface area (Å²) in [6.45, 7) is 5.40. The molecule has 2 heterocycles. The Labute approximate surface area is 101 Å². The maximum atomic E-state index is 6.12. The van der Waals surface area contributed by atoms with E-state index in [0.717, 1.165) is 50.5 Å². The molecule has 1 fully saturated rings. The highest BCUT2D eigenvalue weighted by Crippen LogP contribution is 2.25. The summed E-state index contributed by atoms with van der Waals surface area (Å²) in [5.41, 5.74) is 1.06. The van der Waals surface area contributed by atoms with Gasteiger partial charge >= 0.3 is 0 Å². The van der Waals surface area contributed by atoms with Gasteiger partial charge in [0.1, 0.15) is 17.3 Å². The number of ether oxygens (including phenoxy) is 1. The molecule has 0 aliphatic carbocycles. The molecule has 0 radical (unpaired) electrons. The zero-order valence-electron chi connectivity index (χ0n) is 9.45. The van der Waals surface area contributed by atoms with Crippen LogP contribution in [0, 0.1) is 0 Å². The van der Waals surface area contributed by atoms with Crippen molar-refractivity contribution >= 4 is 17.4 Å². The number of anilines is 1. The van der Waals surface area contributed by atoms with Gasteiger partial charge in [-0.15, -0.1) is 0 Å². The number of morpholine rings is 1. The van der Waals surface area contributed by atoms with Gasteiger partial charge in [-0.1, -0.05) is 24.9 Å². The molecule has 0 saturated carbocycles. The number of hydrogen-bond donors (Lipinski definition) is 0. The molecule has 1 aromatic heterocycles. The van der Waals surface area contributed by atoms with E-state index in [-0.39, 0.29) is 0 Å². The van der Waals surface area contributed by atoms with Gasteiger partial charge in [-0.05, 0) is 6.42 Å². The molecule has 1 aromatic rings. The van der Waals surface area contributed by atoms with Crippen molar-refractivity contribution in [2.75, 3.05) is 31.2 Å². The largest absolute Gasteiger partial charge is 0.378 e. The van der Waals surface area contributed by atoms with Crippen LogP contribution in [-0.4, -0.2) is 36.3 Å². The fourth-order valence-corrected chi connectivity index (χ4v) is 2.12. The van der Waals surface area contributed by atoms with Gasteiger partial charge in [-0.2, -0.15) is 0 Å². The van der Waals surface area contributed by atoms with Crippen molar-refractivity contribution in [3.63, 3.8) is 0 Å². The van der Waals surface area contributed by atoms with Crippen LogP contribution < -0.4 is 4.90 Å². The summed E-state index contributed by atoms with van der Waals surface area (Å²) in [4.78, 5) is 10.6. The Kier molecular flexibility index (Phi) is 3.96. The molecule has 1 aliphatic rings. The molecule has 4 nitrogen and oxygen atoms in total. The van der Waals surface area contributed by atoms with Gasteiger partial charge < -0.3 is 9.64 Å². The van der Waals surface area contributed by atoms with Gasteiger partial charge in [0.05, 0.1) is 13.2 Å².